The fourth-order valence-electron chi connectivity index (χ4n) is 1.56. The summed E-state index contributed by atoms with van der Waals surface area (Å²) >= 11 is 0. The Hall–Kier alpha value is -1.25. The lowest BCUT2D eigenvalue weighted by molar-refractivity contribution is 0.502. The third-order valence-corrected chi connectivity index (χ3v) is 2.78. The molecule has 0 amide bonds. The van der Waals surface area contributed by atoms with Gasteiger partial charge < -0.3 is 10.2 Å². The van der Waals surface area contributed by atoms with Gasteiger partial charge in [-0.15, -0.1) is 0 Å². The molecule has 0 saturated heterocycles. The number of hydrogen-bond acceptors (Lipinski definition) is 3. The minimum Gasteiger partial charge on any atom is -0.381 e. The molecular formula is C10H15N3. The summed E-state index contributed by atoms with van der Waals surface area (Å²) in [5.41, 5.74) is 2.52. The van der Waals surface area contributed by atoms with Gasteiger partial charge in [-0.25, -0.2) is 0 Å². The topological polar surface area (TPSA) is 28.2 Å². The first-order valence-corrected chi connectivity index (χ1v) is 4.53. The second-order valence-corrected chi connectivity index (χ2v) is 4.12. The fourth-order valence-corrected chi connectivity index (χ4v) is 1.56. The summed E-state index contributed by atoms with van der Waals surface area (Å²) in [5.74, 6) is 0. The Morgan fingerprint density at radius 3 is 3.08 bits per heavy atom. The maximum absolute atomic E-state index is 4.13. The highest BCUT2D eigenvalue weighted by Gasteiger charge is 2.29. The first-order chi connectivity index (χ1) is 6.11. The zero-order valence-corrected chi connectivity index (χ0v) is 8.33. The molecule has 2 rings (SSSR count). The molecule has 0 aliphatic carbocycles. The van der Waals surface area contributed by atoms with Crippen LogP contribution in [0.25, 0.3) is 0 Å². The van der Waals surface area contributed by atoms with Crippen molar-refractivity contribution in [2.45, 2.75) is 19.4 Å². The second-order valence-electron chi connectivity index (χ2n) is 4.12. The maximum Gasteiger partial charge on any atom is 0.0790 e. The van der Waals surface area contributed by atoms with E-state index in [1.54, 1.807) is 0 Å². The van der Waals surface area contributed by atoms with Gasteiger partial charge in [-0.2, -0.15) is 0 Å². The van der Waals surface area contributed by atoms with Crippen molar-refractivity contribution in [3.63, 3.8) is 0 Å². The molecule has 1 N–H and O–H groups in total. The Kier molecular flexibility index (Phi) is 1.68. The third-order valence-electron chi connectivity index (χ3n) is 2.78. The minimum absolute atomic E-state index is 0.163. The smallest absolute Gasteiger partial charge is 0.0790 e. The van der Waals surface area contributed by atoms with Crippen LogP contribution in [0.3, 0.4) is 0 Å². The number of nitrogens with zero attached hydrogens (tertiary/aromatic N) is 2. The number of aromatic nitrogens is 1. The van der Waals surface area contributed by atoms with Gasteiger partial charge in [0.1, 0.15) is 0 Å². The van der Waals surface area contributed by atoms with E-state index in [4.69, 9.17) is 0 Å². The number of anilines is 2. The van der Waals surface area contributed by atoms with Gasteiger partial charge in [0.2, 0.25) is 0 Å². The quantitative estimate of drug-likeness (QED) is 0.654. The molecule has 0 radical (unpaired) electrons. The summed E-state index contributed by atoms with van der Waals surface area (Å²) in [5, 5.41) is 3.40. The molecule has 0 unspecified atom stereocenters. The Bertz CT molecular complexity index is 320. The van der Waals surface area contributed by atoms with E-state index >= 15 is 0 Å². The lowest BCUT2D eigenvalue weighted by atomic mass is 9.99. The summed E-state index contributed by atoms with van der Waals surface area (Å²) in [6.07, 6.45) is 3.72. The Morgan fingerprint density at radius 1 is 1.54 bits per heavy atom. The zero-order valence-electron chi connectivity index (χ0n) is 8.33. The molecule has 1 aliphatic rings. The molecule has 0 spiro atoms. The van der Waals surface area contributed by atoms with E-state index < -0.39 is 0 Å². The summed E-state index contributed by atoms with van der Waals surface area (Å²) < 4.78 is 0. The average Bonchev–Trinajstić information content (AvgIpc) is 2.13. The van der Waals surface area contributed by atoms with E-state index in [2.05, 4.69) is 36.1 Å². The van der Waals surface area contributed by atoms with Crippen LogP contribution in [-0.4, -0.2) is 24.1 Å². The van der Waals surface area contributed by atoms with Crippen molar-refractivity contribution >= 4 is 11.4 Å². The van der Waals surface area contributed by atoms with Gasteiger partial charge in [0, 0.05) is 19.8 Å². The number of hydrogen-bond donors (Lipinski definition) is 1. The number of fused-ring (bicyclic) bond motifs is 1. The molecule has 13 heavy (non-hydrogen) atoms. The standard InChI is InChI=1S/C10H15N3/c1-10(2)7-12-8-4-5-11-6-9(8)13(10)3/h4-6,12H,7H2,1-3H3. The highest BCUT2D eigenvalue weighted by Crippen LogP contribution is 2.33. The molecule has 1 aromatic rings. The van der Waals surface area contributed by atoms with Crippen LogP contribution in [0.2, 0.25) is 0 Å². The van der Waals surface area contributed by atoms with Crippen molar-refractivity contribution in [2.75, 3.05) is 23.8 Å². The van der Waals surface area contributed by atoms with E-state index in [0.717, 1.165) is 6.54 Å². The van der Waals surface area contributed by atoms with Crippen molar-refractivity contribution in [3.05, 3.63) is 18.5 Å². The van der Waals surface area contributed by atoms with Gasteiger partial charge in [0.15, 0.2) is 0 Å². The molecule has 3 nitrogen and oxygen atoms in total. The van der Waals surface area contributed by atoms with Crippen molar-refractivity contribution in [1.82, 2.24) is 4.98 Å². The van der Waals surface area contributed by atoms with Crippen molar-refractivity contribution in [1.29, 1.82) is 0 Å². The maximum atomic E-state index is 4.13. The van der Waals surface area contributed by atoms with E-state index in [-0.39, 0.29) is 5.54 Å². The molecule has 0 fully saturated rings. The molecule has 3 heteroatoms. The molecule has 0 aromatic carbocycles. The first-order valence-electron chi connectivity index (χ1n) is 4.53. The van der Waals surface area contributed by atoms with Crippen LogP contribution in [-0.2, 0) is 0 Å². The van der Waals surface area contributed by atoms with Gasteiger partial charge >= 0.3 is 0 Å². The molecular weight excluding hydrogens is 162 g/mol. The van der Waals surface area contributed by atoms with Gasteiger partial charge in [-0.3, -0.25) is 4.98 Å². The van der Waals surface area contributed by atoms with E-state index in [9.17, 15) is 0 Å². The molecule has 0 bridgehead atoms. The molecule has 0 atom stereocenters. The second kappa shape index (κ2) is 2.62. The predicted molar refractivity (Wildman–Crippen MR) is 55.2 cm³/mol. The molecule has 1 aliphatic heterocycles. The van der Waals surface area contributed by atoms with Crippen LogP contribution < -0.4 is 10.2 Å². The highest BCUT2D eigenvalue weighted by molar-refractivity contribution is 5.71. The number of nitrogens with one attached hydrogen (secondary N) is 1. The summed E-state index contributed by atoms with van der Waals surface area (Å²) in [7, 11) is 2.11. The lowest BCUT2D eigenvalue weighted by Gasteiger charge is -2.42. The van der Waals surface area contributed by atoms with Crippen LogP contribution in [0.4, 0.5) is 11.4 Å². The SMILES string of the molecule is CN1c2cnccc2NCC1(C)C. The Morgan fingerprint density at radius 2 is 2.31 bits per heavy atom. The number of rotatable bonds is 0. The van der Waals surface area contributed by atoms with Crippen molar-refractivity contribution < 1.29 is 0 Å². The van der Waals surface area contributed by atoms with Crippen LogP contribution in [0.5, 0.6) is 0 Å². The fraction of sp³-hybridized carbons (Fsp3) is 0.500. The van der Waals surface area contributed by atoms with Crippen LogP contribution in [0, 0.1) is 0 Å². The Balaban J connectivity index is 2.45. The van der Waals surface area contributed by atoms with Crippen molar-refractivity contribution in [3.8, 4) is 0 Å². The Labute approximate surface area is 78.8 Å². The third kappa shape index (κ3) is 1.24. The molecule has 2 heterocycles. The van der Waals surface area contributed by atoms with Gasteiger partial charge in [-0.1, -0.05) is 0 Å². The van der Waals surface area contributed by atoms with Crippen LogP contribution in [0.1, 0.15) is 13.8 Å². The van der Waals surface area contributed by atoms with E-state index in [1.165, 1.54) is 11.4 Å². The molecule has 1 aromatic heterocycles. The van der Waals surface area contributed by atoms with Gasteiger partial charge in [0.25, 0.3) is 0 Å². The number of pyridine rings is 1. The van der Waals surface area contributed by atoms with E-state index in [1.807, 2.05) is 18.5 Å². The van der Waals surface area contributed by atoms with E-state index in [0.29, 0.717) is 0 Å². The summed E-state index contributed by atoms with van der Waals surface area (Å²) in [6, 6.07) is 2.01. The normalized spacial score (nSPS) is 19.2. The summed E-state index contributed by atoms with van der Waals surface area (Å²) in [6.45, 7) is 5.41. The lowest BCUT2D eigenvalue weighted by Crippen LogP contribution is -2.50. The monoisotopic (exact) mass is 177 g/mol. The van der Waals surface area contributed by atoms with Crippen LogP contribution >= 0.6 is 0 Å². The van der Waals surface area contributed by atoms with Gasteiger partial charge in [-0.05, 0) is 19.9 Å². The average molecular weight is 177 g/mol. The zero-order chi connectivity index (χ0) is 9.47. The predicted octanol–water partition coefficient (Wildman–Crippen LogP) is 1.72. The largest absolute Gasteiger partial charge is 0.381 e. The van der Waals surface area contributed by atoms with Crippen LogP contribution in [0.15, 0.2) is 18.5 Å². The summed E-state index contributed by atoms with van der Waals surface area (Å²) in [4.78, 5) is 6.40. The first kappa shape index (κ1) is 8.35. The van der Waals surface area contributed by atoms with Crippen molar-refractivity contribution in [2.24, 2.45) is 0 Å². The molecule has 70 valence electrons. The number of likely N-dealkylation sites (N-methyl/N-ethyl adjacent to an activating group) is 1. The highest BCUT2D eigenvalue weighted by atomic mass is 15.2. The minimum atomic E-state index is 0.163. The molecule has 0 saturated carbocycles. The van der Waals surface area contributed by atoms with Gasteiger partial charge in [0.05, 0.1) is 23.1 Å².